The first-order chi connectivity index (χ1) is 10.5. The van der Waals surface area contributed by atoms with Gasteiger partial charge in [0, 0.05) is 18.5 Å². The van der Waals surface area contributed by atoms with Crippen molar-refractivity contribution >= 4 is 27.3 Å². The monoisotopic (exact) mass is 337 g/mol. The molecule has 0 saturated heterocycles. The lowest BCUT2D eigenvalue weighted by molar-refractivity contribution is 0.0702. The first-order valence-corrected chi connectivity index (χ1v) is 9.19. The summed E-state index contributed by atoms with van der Waals surface area (Å²) in [5, 5.41) is 10.3. The Labute approximate surface area is 132 Å². The van der Waals surface area contributed by atoms with Crippen LogP contribution in [0, 0.1) is 0 Å². The maximum Gasteiger partial charge on any atom is 0.345 e. The van der Waals surface area contributed by atoms with Gasteiger partial charge in [-0.2, -0.15) is 4.31 Å². The molecule has 0 saturated carbocycles. The Hall–Kier alpha value is -1.70. The number of carboxylic acids is 1. The zero-order valence-corrected chi connectivity index (χ0v) is 13.4. The van der Waals surface area contributed by atoms with E-state index in [1.54, 1.807) is 0 Å². The molecule has 1 N–H and O–H groups in total. The standard InChI is InChI=1S/C15H15NO4S2/c17-15(18)14-8-13(10-21-14)22(19,20)16-7-3-6-11-4-1-2-5-12(11)9-16/h1-2,4-5,8,10H,3,6-7,9H2,(H,17,18). The van der Waals surface area contributed by atoms with E-state index in [-0.39, 0.29) is 9.77 Å². The van der Waals surface area contributed by atoms with Gasteiger partial charge in [-0.05, 0) is 30.0 Å². The maximum absolute atomic E-state index is 12.7. The van der Waals surface area contributed by atoms with Crippen LogP contribution in [-0.2, 0) is 23.0 Å². The number of hydrogen-bond acceptors (Lipinski definition) is 4. The summed E-state index contributed by atoms with van der Waals surface area (Å²) in [5.74, 6) is -1.10. The van der Waals surface area contributed by atoms with E-state index in [0.717, 1.165) is 29.7 Å². The Balaban J connectivity index is 1.93. The second kappa shape index (κ2) is 5.83. The summed E-state index contributed by atoms with van der Waals surface area (Å²) in [4.78, 5) is 11.0. The predicted octanol–water partition coefficient (Wildman–Crippen LogP) is 2.58. The minimum absolute atomic E-state index is 0.0359. The smallest absolute Gasteiger partial charge is 0.345 e. The average molecular weight is 337 g/mol. The summed E-state index contributed by atoms with van der Waals surface area (Å²) in [6, 6.07) is 9.07. The average Bonchev–Trinajstić information content (AvgIpc) is 2.89. The van der Waals surface area contributed by atoms with E-state index in [2.05, 4.69) is 0 Å². The van der Waals surface area contributed by atoms with Crippen molar-refractivity contribution in [2.45, 2.75) is 24.3 Å². The first kappa shape index (κ1) is 15.2. The van der Waals surface area contributed by atoms with Gasteiger partial charge in [-0.1, -0.05) is 24.3 Å². The third-order valence-electron chi connectivity index (χ3n) is 3.74. The summed E-state index contributed by atoms with van der Waals surface area (Å²) >= 11 is 0.934. The lowest BCUT2D eigenvalue weighted by Crippen LogP contribution is -2.30. The Kier molecular flexibility index (Phi) is 4.03. The van der Waals surface area contributed by atoms with Gasteiger partial charge in [0.1, 0.15) is 4.88 Å². The summed E-state index contributed by atoms with van der Waals surface area (Å²) in [7, 11) is -3.66. The van der Waals surface area contributed by atoms with Gasteiger partial charge in [-0.25, -0.2) is 13.2 Å². The number of nitrogens with zero attached hydrogens (tertiary/aromatic N) is 1. The normalized spacial score (nSPS) is 16.0. The minimum atomic E-state index is -3.66. The third-order valence-corrected chi connectivity index (χ3v) is 6.63. The summed E-state index contributed by atoms with van der Waals surface area (Å²) in [6.07, 6.45) is 1.61. The van der Waals surface area contributed by atoms with E-state index in [0.29, 0.717) is 13.1 Å². The molecular weight excluding hydrogens is 322 g/mol. The van der Waals surface area contributed by atoms with Crippen LogP contribution in [-0.4, -0.2) is 30.3 Å². The Bertz CT molecular complexity index is 810. The van der Waals surface area contributed by atoms with Gasteiger partial charge in [-0.3, -0.25) is 0 Å². The number of fused-ring (bicyclic) bond motifs is 1. The molecule has 0 amide bonds. The second-order valence-corrected chi connectivity index (χ2v) is 8.01. The Morgan fingerprint density at radius 1 is 1.23 bits per heavy atom. The summed E-state index contributed by atoms with van der Waals surface area (Å²) in [5.41, 5.74) is 2.19. The number of carbonyl (C=O) groups is 1. The molecular formula is C15H15NO4S2. The molecule has 116 valence electrons. The molecule has 0 bridgehead atoms. The molecule has 0 radical (unpaired) electrons. The Morgan fingerprint density at radius 3 is 2.64 bits per heavy atom. The van der Waals surface area contributed by atoms with Crippen LogP contribution in [0.3, 0.4) is 0 Å². The molecule has 2 aromatic rings. The fraction of sp³-hybridized carbons (Fsp3) is 0.267. The second-order valence-electron chi connectivity index (χ2n) is 5.16. The van der Waals surface area contributed by atoms with E-state index in [4.69, 9.17) is 5.11 Å². The maximum atomic E-state index is 12.7. The van der Waals surface area contributed by atoms with Crippen LogP contribution in [0.2, 0.25) is 0 Å². The molecule has 1 aromatic carbocycles. The number of aryl methyl sites for hydroxylation is 1. The molecule has 22 heavy (non-hydrogen) atoms. The van der Waals surface area contributed by atoms with Crippen LogP contribution in [0.25, 0.3) is 0 Å². The molecule has 0 atom stereocenters. The lowest BCUT2D eigenvalue weighted by atomic mass is 10.0. The largest absolute Gasteiger partial charge is 0.477 e. The number of thiophene rings is 1. The van der Waals surface area contributed by atoms with E-state index in [1.807, 2.05) is 24.3 Å². The Morgan fingerprint density at radius 2 is 1.95 bits per heavy atom. The SMILES string of the molecule is O=C(O)c1cc(S(=O)(=O)N2CCCc3ccccc3C2)cs1. The molecule has 0 unspecified atom stereocenters. The first-order valence-electron chi connectivity index (χ1n) is 6.87. The predicted molar refractivity (Wildman–Crippen MR) is 83.6 cm³/mol. The van der Waals surface area contributed by atoms with Crippen molar-refractivity contribution in [2.24, 2.45) is 0 Å². The van der Waals surface area contributed by atoms with E-state index in [1.165, 1.54) is 21.3 Å². The van der Waals surface area contributed by atoms with Gasteiger partial charge in [0.25, 0.3) is 0 Å². The van der Waals surface area contributed by atoms with Crippen LogP contribution < -0.4 is 0 Å². The molecule has 7 heteroatoms. The highest BCUT2D eigenvalue weighted by molar-refractivity contribution is 7.89. The van der Waals surface area contributed by atoms with Crippen molar-refractivity contribution < 1.29 is 18.3 Å². The van der Waals surface area contributed by atoms with Crippen LogP contribution in [0.1, 0.15) is 27.2 Å². The van der Waals surface area contributed by atoms with Gasteiger partial charge in [0.15, 0.2) is 0 Å². The molecule has 0 fully saturated rings. The van der Waals surface area contributed by atoms with Gasteiger partial charge in [0.2, 0.25) is 10.0 Å². The van der Waals surface area contributed by atoms with Crippen molar-refractivity contribution in [3.63, 3.8) is 0 Å². The minimum Gasteiger partial charge on any atom is -0.477 e. The van der Waals surface area contributed by atoms with Crippen molar-refractivity contribution in [1.29, 1.82) is 0 Å². The zero-order valence-electron chi connectivity index (χ0n) is 11.7. The molecule has 0 spiro atoms. The summed E-state index contributed by atoms with van der Waals surface area (Å²) in [6.45, 7) is 0.770. The highest BCUT2D eigenvalue weighted by atomic mass is 32.2. The summed E-state index contributed by atoms with van der Waals surface area (Å²) < 4.78 is 26.9. The van der Waals surface area contributed by atoms with Gasteiger partial charge in [-0.15, -0.1) is 11.3 Å². The van der Waals surface area contributed by atoms with Gasteiger partial charge < -0.3 is 5.11 Å². The van der Waals surface area contributed by atoms with E-state index < -0.39 is 16.0 Å². The van der Waals surface area contributed by atoms with Crippen LogP contribution in [0.15, 0.2) is 40.6 Å². The fourth-order valence-electron chi connectivity index (χ4n) is 2.59. The molecule has 0 aliphatic carbocycles. The number of rotatable bonds is 3. The quantitative estimate of drug-likeness (QED) is 0.934. The fourth-order valence-corrected chi connectivity index (χ4v) is 5.15. The van der Waals surface area contributed by atoms with Crippen molar-refractivity contribution in [3.8, 4) is 0 Å². The number of carboxylic acid groups (broad SMARTS) is 1. The van der Waals surface area contributed by atoms with Crippen molar-refractivity contribution in [1.82, 2.24) is 4.31 Å². The molecule has 1 aromatic heterocycles. The molecule has 2 heterocycles. The lowest BCUT2D eigenvalue weighted by Gasteiger charge is -2.19. The van der Waals surface area contributed by atoms with Crippen molar-refractivity contribution in [2.75, 3.05) is 6.54 Å². The van der Waals surface area contributed by atoms with E-state index in [9.17, 15) is 13.2 Å². The number of sulfonamides is 1. The van der Waals surface area contributed by atoms with Crippen LogP contribution in [0.5, 0.6) is 0 Å². The van der Waals surface area contributed by atoms with Gasteiger partial charge in [0.05, 0.1) is 4.90 Å². The van der Waals surface area contributed by atoms with Crippen LogP contribution >= 0.6 is 11.3 Å². The van der Waals surface area contributed by atoms with Gasteiger partial charge >= 0.3 is 5.97 Å². The zero-order chi connectivity index (χ0) is 15.7. The number of benzene rings is 1. The molecule has 3 rings (SSSR count). The third kappa shape index (κ3) is 2.79. The number of aromatic carboxylic acids is 1. The molecule has 1 aliphatic heterocycles. The highest BCUT2D eigenvalue weighted by Crippen LogP contribution is 2.27. The topological polar surface area (TPSA) is 74.7 Å². The highest BCUT2D eigenvalue weighted by Gasteiger charge is 2.28. The number of hydrogen-bond donors (Lipinski definition) is 1. The van der Waals surface area contributed by atoms with Crippen LogP contribution in [0.4, 0.5) is 0 Å². The molecule has 5 nitrogen and oxygen atoms in total. The molecule has 1 aliphatic rings. The van der Waals surface area contributed by atoms with Crippen molar-refractivity contribution in [3.05, 3.63) is 51.7 Å². The van der Waals surface area contributed by atoms with E-state index >= 15 is 0 Å².